The molecule has 0 spiro atoms. The third-order valence-electron chi connectivity index (χ3n) is 2.41. The van der Waals surface area contributed by atoms with Crippen LogP contribution in [0.15, 0.2) is 24.3 Å². The zero-order valence-electron chi connectivity index (χ0n) is 11.1. The summed E-state index contributed by atoms with van der Waals surface area (Å²) >= 11 is 0. The Kier molecular flexibility index (Phi) is 7.33. The van der Waals surface area contributed by atoms with Crippen molar-refractivity contribution >= 4 is 11.6 Å². The molecule has 1 amide bonds. The monoisotopic (exact) mass is 261 g/mol. The lowest BCUT2D eigenvalue weighted by Crippen LogP contribution is -2.12. The van der Waals surface area contributed by atoms with Gasteiger partial charge in [0.05, 0.1) is 12.3 Å². The summed E-state index contributed by atoms with van der Waals surface area (Å²) in [5, 5.41) is 11.5. The van der Waals surface area contributed by atoms with E-state index in [1.165, 1.54) is 0 Å². The number of amides is 1. The molecule has 0 aliphatic heterocycles. The van der Waals surface area contributed by atoms with Crippen LogP contribution in [0, 0.1) is 11.8 Å². The third-order valence-corrected chi connectivity index (χ3v) is 2.41. The summed E-state index contributed by atoms with van der Waals surface area (Å²) < 4.78 is 4.91. The maximum Gasteiger partial charge on any atom is 0.224 e. The van der Waals surface area contributed by atoms with Gasteiger partial charge in [0.2, 0.25) is 5.91 Å². The minimum Gasteiger partial charge on any atom is -0.395 e. The van der Waals surface area contributed by atoms with Crippen molar-refractivity contribution in [1.29, 1.82) is 0 Å². The van der Waals surface area contributed by atoms with Gasteiger partial charge in [-0.2, -0.15) is 0 Å². The average Bonchev–Trinajstić information content (AvgIpc) is 2.41. The molecular weight excluding hydrogens is 242 g/mol. The second-order valence-electron chi connectivity index (χ2n) is 3.97. The molecule has 0 saturated heterocycles. The van der Waals surface area contributed by atoms with Crippen LogP contribution in [0.4, 0.5) is 5.69 Å². The van der Waals surface area contributed by atoms with Gasteiger partial charge in [0.1, 0.15) is 0 Å². The molecule has 19 heavy (non-hydrogen) atoms. The third kappa shape index (κ3) is 6.05. The first-order chi connectivity index (χ1) is 9.27. The van der Waals surface area contributed by atoms with Gasteiger partial charge in [-0.1, -0.05) is 24.0 Å². The highest BCUT2D eigenvalue weighted by Crippen LogP contribution is 2.14. The van der Waals surface area contributed by atoms with Gasteiger partial charge in [0, 0.05) is 32.1 Å². The van der Waals surface area contributed by atoms with Crippen molar-refractivity contribution < 1.29 is 14.6 Å². The van der Waals surface area contributed by atoms with Crippen molar-refractivity contribution in [1.82, 2.24) is 0 Å². The minimum absolute atomic E-state index is 0.0402. The molecule has 4 heteroatoms. The molecule has 2 N–H and O–H groups in total. The number of hydrogen-bond acceptors (Lipinski definition) is 3. The first-order valence-electron chi connectivity index (χ1n) is 6.25. The topological polar surface area (TPSA) is 58.6 Å². The highest BCUT2D eigenvalue weighted by atomic mass is 16.5. The highest BCUT2D eigenvalue weighted by molar-refractivity contribution is 5.92. The smallest absolute Gasteiger partial charge is 0.224 e. The molecule has 0 radical (unpaired) electrons. The molecule has 0 aliphatic rings. The number of para-hydroxylation sites is 1. The van der Waals surface area contributed by atoms with Crippen molar-refractivity contribution in [3.05, 3.63) is 29.8 Å². The van der Waals surface area contributed by atoms with E-state index in [1.54, 1.807) is 7.11 Å². The normalized spacial score (nSPS) is 9.58. The van der Waals surface area contributed by atoms with Crippen molar-refractivity contribution in [2.24, 2.45) is 0 Å². The fourth-order valence-corrected chi connectivity index (χ4v) is 1.50. The van der Waals surface area contributed by atoms with Gasteiger partial charge in [-0.05, 0) is 18.6 Å². The molecule has 0 fully saturated rings. The Morgan fingerprint density at radius 2 is 2.21 bits per heavy atom. The van der Waals surface area contributed by atoms with Crippen LogP contribution in [0.1, 0.15) is 24.8 Å². The molecule has 0 unspecified atom stereocenters. The van der Waals surface area contributed by atoms with E-state index < -0.39 is 0 Å². The van der Waals surface area contributed by atoms with E-state index in [1.807, 2.05) is 24.3 Å². The molecular formula is C15H19NO3. The van der Waals surface area contributed by atoms with Gasteiger partial charge in [-0.25, -0.2) is 0 Å². The molecule has 1 aromatic carbocycles. The van der Waals surface area contributed by atoms with Crippen LogP contribution in [0.3, 0.4) is 0 Å². The van der Waals surface area contributed by atoms with Crippen LogP contribution in [0.25, 0.3) is 0 Å². The zero-order valence-corrected chi connectivity index (χ0v) is 11.1. The Morgan fingerprint density at radius 3 is 2.95 bits per heavy atom. The highest BCUT2D eigenvalue weighted by Gasteiger charge is 2.04. The van der Waals surface area contributed by atoms with Crippen molar-refractivity contribution in [3.63, 3.8) is 0 Å². The molecule has 4 nitrogen and oxygen atoms in total. The molecule has 0 saturated carbocycles. The summed E-state index contributed by atoms with van der Waals surface area (Å²) in [4.78, 5) is 11.7. The van der Waals surface area contributed by atoms with Gasteiger partial charge in [-0.15, -0.1) is 0 Å². The van der Waals surface area contributed by atoms with Gasteiger partial charge in [0.25, 0.3) is 0 Å². The Labute approximate surface area is 113 Å². The second kappa shape index (κ2) is 9.15. The number of ether oxygens (including phenoxy) is 1. The molecule has 1 rings (SSSR count). The molecule has 1 aromatic rings. The Bertz CT molecular complexity index is 460. The van der Waals surface area contributed by atoms with Crippen LogP contribution in [0.2, 0.25) is 0 Å². The van der Waals surface area contributed by atoms with Crippen molar-refractivity contribution in [2.75, 3.05) is 25.6 Å². The minimum atomic E-state index is -0.0477. The van der Waals surface area contributed by atoms with Gasteiger partial charge >= 0.3 is 0 Å². The predicted molar refractivity (Wildman–Crippen MR) is 74.8 cm³/mol. The van der Waals surface area contributed by atoms with Crippen LogP contribution >= 0.6 is 0 Å². The van der Waals surface area contributed by atoms with Crippen LogP contribution in [-0.2, 0) is 9.53 Å². The zero-order chi connectivity index (χ0) is 13.9. The first-order valence-corrected chi connectivity index (χ1v) is 6.25. The summed E-state index contributed by atoms with van der Waals surface area (Å²) in [5.74, 6) is 5.74. The van der Waals surface area contributed by atoms with Gasteiger partial charge < -0.3 is 15.2 Å². The van der Waals surface area contributed by atoms with Crippen LogP contribution in [0.5, 0.6) is 0 Å². The molecule has 0 atom stereocenters. The van der Waals surface area contributed by atoms with E-state index in [0.717, 1.165) is 5.56 Å². The number of carbonyl (C=O) groups excluding carboxylic acids is 1. The van der Waals surface area contributed by atoms with Gasteiger partial charge in [-0.3, -0.25) is 4.79 Å². The lowest BCUT2D eigenvalue weighted by atomic mass is 10.1. The number of benzene rings is 1. The summed E-state index contributed by atoms with van der Waals surface area (Å²) in [6.07, 6.45) is 1.54. The lowest BCUT2D eigenvalue weighted by Gasteiger charge is -2.07. The van der Waals surface area contributed by atoms with Crippen LogP contribution < -0.4 is 5.32 Å². The van der Waals surface area contributed by atoms with Crippen molar-refractivity contribution in [2.45, 2.75) is 19.3 Å². The number of aliphatic hydroxyl groups is 1. The van der Waals surface area contributed by atoms with E-state index >= 15 is 0 Å². The van der Waals surface area contributed by atoms with E-state index in [4.69, 9.17) is 9.84 Å². The molecule has 0 bridgehead atoms. The lowest BCUT2D eigenvalue weighted by molar-refractivity contribution is -0.116. The largest absolute Gasteiger partial charge is 0.395 e. The van der Waals surface area contributed by atoms with E-state index in [0.29, 0.717) is 31.6 Å². The molecule has 0 aliphatic carbocycles. The standard InChI is InChI=1S/C15H19NO3/c1-19-12-6-10-15(18)16-14-9-3-2-7-13(14)8-4-5-11-17/h2-3,7,9,17H,5-6,10-12H2,1H3,(H,16,18). The SMILES string of the molecule is COCCCC(=O)Nc1ccccc1C#CCCO. The van der Waals surface area contributed by atoms with E-state index in [2.05, 4.69) is 17.2 Å². The second-order valence-corrected chi connectivity index (χ2v) is 3.97. The molecule has 0 heterocycles. The molecule has 0 aromatic heterocycles. The predicted octanol–water partition coefficient (Wildman–Crippen LogP) is 1.79. The first kappa shape index (κ1) is 15.2. The fraction of sp³-hybridized carbons (Fsp3) is 0.400. The van der Waals surface area contributed by atoms with E-state index in [9.17, 15) is 4.79 Å². The maximum atomic E-state index is 11.7. The number of anilines is 1. The maximum absolute atomic E-state index is 11.7. The molecule has 102 valence electrons. The Hall–Kier alpha value is -1.83. The summed E-state index contributed by atoms with van der Waals surface area (Å²) in [6, 6.07) is 7.37. The van der Waals surface area contributed by atoms with E-state index in [-0.39, 0.29) is 12.5 Å². The number of carbonyl (C=O) groups is 1. The summed E-state index contributed by atoms with van der Waals surface area (Å²) in [7, 11) is 1.62. The number of hydrogen-bond donors (Lipinski definition) is 2. The quantitative estimate of drug-likeness (QED) is 0.606. The van der Waals surface area contributed by atoms with Crippen LogP contribution in [-0.4, -0.2) is 31.3 Å². The number of methoxy groups -OCH3 is 1. The number of rotatable bonds is 6. The number of aliphatic hydroxyl groups excluding tert-OH is 1. The summed E-state index contributed by atoms with van der Waals surface area (Å²) in [5.41, 5.74) is 1.46. The Balaban J connectivity index is 2.62. The Morgan fingerprint density at radius 1 is 1.42 bits per heavy atom. The average molecular weight is 261 g/mol. The fourth-order valence-electron chi connectivity index (χ4n) is 1.50. The van der Waals surface area contributed by atoms with Gasteiger partial charge in [0.15, 0.2) is 0 Å². The van der Waals surface area contributed by atoms with Crippen molar-refractivity contribution in [3.8, 4) is 11.8 Å². The summed E-state index contributed by atoms with van der Waals surface area (Å²) in [6.45, 7) is 0.615. The number of nitrogens with one attached hydrogen (secondary N) is 1.